The molecule has 0 radical (unpaired) electrons. The number of furan rings is 1. The van der Waals surface area contributed by atoms with Crippen LogP contribution in [0, 0.1) is 0 Å². The Hall–Kier alpha value is -2.14. The Morgan fingerprint density at radius 1 is 1.10 bits per heavy atom. The SMILES string of the molecule is CCNCc1ccc(COc2ccc3c(c2)OCO3)o1. The molecule has 106 valence electrons. The quantitative estimate of drug-likeness (QED) is 0.878. The van der Waals surface area contributed by atoms with Crippen LogP contribution in [0.1, 0.15) is 18.4 Å². The molecule has 0 atom stereocenters. The Bertz CT molecular complexity index is 579. The lowest BCUT2D eigenvalue weighted by molar-refractivity contribution is 0.173. The number of rotatable bonds is 6. The van der Waals surface area contributed by atoms with Crippen molar-refractivity contribution in [2.24, 2.45) is 0 Å². The first kappa shape index (κ1) is 12.9. The van der Waals surface area contributed by atoms with E-state index in [0.717, 1.165) is 41.9 Å². The number of hydrogen-bond acceptors (Lipinski definition) is 5. The zero-order valence-corrected chi connectivity index (χ0v) is 11.3. The van der Waals surface area contributed by atoms with Gasteiger partial charge in [-0.15, -0.1) is 0 Å². The first-order valence-corrected chi connectivity index (χ1v) is 6.66. The Kier molecular flexibility index (Phi) is 3.78. The summed E-state index contributed by atoms with van der Waals surface area (Å²) < 4.78 is 21.9. The summed E-state index contributed by atoms with van der Waals surface area (Å²) in [6.07, 6.45) is 0. The van der Waals surface area contributed by atoms with Crippen LogP contribution in [0.25, 0.3) is 0 Å². The fourth-order valence-corrected chi connectivity index (χ4v) is 1.96. The summed E-state index contributed by atoms with van der Waals surface area (Å²) in [5, 5.41) is 3.21. The predicted octanol–water partition coefficient (Wildman–Crippen LogP) is 2.70. The lowest BCUT2D eigenvalue weighted by Crippen LogP contribution is -2.10. The Labute approximate surface area is 117 Å². The molecule has 0 unspecified atom stereocenters. The van der Waals surface area contributed by atoms with Crippen LogP contribution >= 0.6 is 0 Å². The topological polar surface area (TPSA) is 52.9 Å². The smallest absolute Gasteiger partial charge is 0.231 e. The molecule has 0 saturated heterocycles. The number of nitrogens with one attached hydrogen (secondary N) is 1. The minimum Gasteiger partial charge on any atom is -0.486 e. The van der Waals surface area contributed by atoms with Crippen molar-refractivity contribution in [2.45, 2.75) is 20.1 Å². The Morgan fingerprint density at radius 2 is 1.95 bits per heavy atom. The van der Waals surface area contributed by atoms with Gasteiger partial charge >= 0.3 is 0 Å². The maximum Gasteiger partial charge on any atom is 0.231 e. The predicted molar refractivity (Wildman–Crippen MR) is 73.0 cm³/mol. The van der Waals surface area contributed by atoms with E-state index in [-0.39, 0.29) is 6.79 Å². The van der Waals surface area contributed by atoms with E-state index in [0.29, 0.717) is 6.61 Å². The molecule has 1 aliphatic heterocycles. The van der Waals surface area contributed by atoms with E-state index < -0.39 is 0 Å². The molecule has 1 aromatic heterocycles. The van der Waals surface area contributed by atoms with Gasteiger partial charge in [0.15, 0.2) is 11.5 Å². The van der Waals surface area contributed by atoms with E-state index in [1.165, 1.54) is 0 Å². The lowest BCUT2D eigenvalue weighted by Gasteiger charge is -2.05. The zero-order valence-electron chi connectivity index (χ0n) is 11.3. The first-order valence-electron chi connectivity index (χ1n) is 6.66. The third kappa shape index (κ3) is 2.88. The normalized spacial score (nSPS) is 12.7. The summed E-state index contributed by atoms with van der Waals surface area (Å²) in [6, 6.07) is 9.41. The minimum atomic E-state index is 0.269. The minimum absolute atomic E-state index is 0.269. The van der Waals surface area contributed by atoms with Gasteiger partial charge in [-0.25, -0.2) is 0 Å². The van der Waals surface area contributed by atoms with Crippen molar-refractivity contribution in [3.63, 3.8) is 0 Å². The van der Waals surface area contributed by atoms with Gasteiger partial charge < -0.3 is 23.9 Å². The maximum atomic E-state index is 5.69. The first-order chi connectivity index (χ1) is 9.85. The van der Waals surface area contributed by atoms with Gasteiger partial charge in [-0.2, -0.15) is 0 Å². The van der Waals surface area contributed by atoms with Gasteiger partial charge in [0.05, 0.1) is 6.54 Å². The molecule has 20 heavy (non-hydrogen) atoms. The second kappa shape index (κ2) is 5.88. The molecular formula is C15H17NO4. The van der Waals surface area contributed by atoms with E-state index in [2.05, 4.69) is 12.2 Å². The molecule has 0 fully saturated rings. The molecule has 0 aliphatic carbocycles. The molecule has 3 rings (SSSR count). The number of benzene rings is 1. The number of ether oxygens (including phenoxy) is 3. The average Bonchev–Trinajstić information content (AvgIpc) is 3.11. The number of hydrogen-bond donors (Lipinski definition) is 1. The van der Waals surface area contributed by atoms with Gasteiger partial charge in [0.25, 0.3) is 0 Å². The molecule has 0 amide bonds. The highest BCUT2D eigenvalue weighted by Gasteiger charge is 2.13. The average molecular weight is 275 g/mol. The summed E-state index contributed by atoms with van der Waals surface area (Å²) in [7, 11) is 0. The fourth-order valence-electron chi connectivity index (χ4n) is 1.96. The Balaban J connectivity index is 1.57. The Morgan fingerprint density at radius 3 is 2.85 bits per heavy atom. The van der Waals surface area contributed by atoms with E-state index in [4.69, 9.17) is 18.6 Å². The largest absolute Gasteiger partial charge is 0.486 e. The van der Waals surface area contributed by atoms with Crippen LogP contribution in [-0.2, 0) is 13.2 Å². The van der Waals surface area contributed by atoms with Crippen molar-refractivity contribution >= 4 is 0 Å². The molecule has 0 bridgehead atoms. The molecule has 2 heterocycles. The van der Waals surface area contributed by atoms with Crippen LogP contribution in [0.15, 0.2) is 34.7 Å². The van der Waals surface area contributed by atoms with Crippen molar-refractivity contribution in [2.75, 3.05) is 13.3 Å². The van der Waals surface area contributed by atoms with E-state index in [9.17, 15) is 0 Å². The zero-order chi connectivity index (χ0) is 13.8. The molecule has 0 spiro atoms. The summed E-state index contributed by atoms with van der Waals surface area (Å²) in [5.41, 5.74) is 0. The molecular weight excluding hydrogens is 258 g/mol. The molecule has 5 heteroatoms. The second-order valence-electron chi connectivity index (χ2n) is 4.45. The van der Waals surface area contributed by atoms with Gasteiger partial charge in [-0.05, 0) is 30.8 Å². The standard InChI is InChI=1S/C15H17NO4/c1-2-16-8-12-3-4-13(20-12)9-17-11-5-6-14-15(7-11)19-10-18-14/h3-7,16H,2,8-10H2,1H3. The highest BCUT2D eigenvalue weighted by atomic mass is 16.7. The van der Waals surface area contributed by atoms with Crippen LogP contribution in [0.4, 0.5) is 0 Å². The van der Waals surface area contributed by atoms with E-state index in [1.807, 2.05) is 30.3 Å². The van der Waals surface area contributed by atoms with Crippen molar-refractivity contribution in [1.29, 1.82) is 0 Å². The van der Waals surface area contributed by atoms with Gasteiger partial charge in [0.1, 0.15) is 23.9 Å². The fraction of sp³-hybridized carbons (Fsp3) is 0.333. The highest BCUT2D eigenvalue weighted by Crippen LogP contribution is 2.35. The summed E-state index contributed by atoms with van der Waals surface area (Å²) in [4.78, 5) is 0. The third-order valence-electron chi connectivity index (χ3n) is 2.99. The van der Waals surface area contributed by atoms with Gasteiger partial charge in [-0.3, -0.25) is 0 Å². The molecule has 1 aliphatic rings. The second-order valence-corrected chi connectivity index (χ2v) is 4.45. The summed E-state index contributed by atoms with van der Waals surface area (Å²) in [5.74, 6) is 3.92. The van der Waals surface area contributed by atoms with Crippen LogP contribution in [-0.4, -0.2) is 13.3 Å². The number of fused-ring (bicyclic) bond motifs is 1. The monoisotopic (exact) mass is 275 g/mol. The van der Waals surface area contributed by atoms with Gasteiger partial charge in [0, 0.05) is 6.07 Å². The summed E-state index contributed by atoms with van der Waals surface area (Å²) >= 11 is 0. The molecule has 0 saturated carbocycles. The van der Waals surface area contributed by atoms with Crippen LogP contribution in [0.5, 0.6) is 17.2 Å². The van der Waals surface area contributed by atoms with E-state index >= 15 is 0 Å². The molecule has 1 aromatic carbocycles. The van der Waals surface area contributed by atoms with E-state index in [1.54, 1.807) is 0 Å². The van der Waals surface area contributed by atoms with Crippen molar-refractivity contribution in [3.8, 4) is 17.2 Å². The van der Waals surface area contributed by atoms with Crippen molar-refractivity contribution < 1.29 is 18.6 Å². The third-order valence-corrected chi connectivity index (χ3v) is 2.99. The summed E-state index contributed by atoms with van der Waals surface area (Å²) in [6.45, 7) is 4.38. The maximum absolute atomic E-state index is 5.69. The van der Waals surface area contributed by atoms with Crippen LogP contribution < -0.4 is 19.5 Å². The van der Waals surface area contributed by atoms with Crippen molar-refractivity contribution in [3.05, 3.63) is 41.9 Å². The molecule has 5 nitrogen and oxygen atoms in total. The van der Waals surface area contributed by atoms with Gasteiger partial charge in [-0.1, -0.05) is 6.92 Å². The highest BCUT2D eigenvalue weighted by molar-refractivity contribution is 5.46. The molecule has 1 N–H and O–H groups in total. The van der Waals surface area contributed by atoms with Crippen LogP contribution in [0.3, 0.4) is 0 Å². The molecule has 2 aromatic rings. The lowest BCUT2D eigenvalue weighted by atomic mass is 10.3. The van der Waals surface area contributed by atoms with Gasteiger partial charge in [0.2, 0.25) is 6.79 Å². The van der Waals surface area contributed by atoms with Crippen molar-refractivity contribution in [1.82, 2.24) is 5.32 Å². The van der Waals surface area contributed by atoms with Crippen LogP contribution in [0.2, 0.25) is 0 Å².